The van der Waals surface area contributed by atoms with Gasteiger partial charge in [0, 0.05) is 25.4 Å². The van der Waals surface area contributed by atoms with Gasteiger partial charge in [-0.15, -0.1) is 0 Å². The highest BCUT2D eigenvalue weighted by atomic mass is 16.5. The summed E-state index contributed by atoms with van der Waals surface area (Å²) in [6, 6.07) is 3.47. The zero-order valence-corrected chi connectivity index (χ0v) is 13.4. The van der Waals surface area contributed by atoms with Crippen molar-refractivity contribution in [2.45, 2.75) is 32.6 Å². The van der Waals surface area contributed by atoms with E-state index in [1.54, 1.807) is 17.9 Å². The molecule has 3 N–H and O–H groups in total. The summed E-state index contributed by atoms with van der Waals surface area (Å²) >= 11 is 0. The molecule has 0 spiro atoms. The first-order chi connectivity index (χ1) is 11.0. The second-order valence-corrected chi connectivity index (χ2v) is 5.98. The molecular formula is C16H21N5O2. The van der Waals surface area contributed by atoms with E-state index in [1.807, 2.05) is 12.3 Å². The number of likely N-dealkylation sites (tertiary alicyclic amines) is 1. The van der Waals surface area contributed by atoms with E-state index in [1.165, 1.54) is 11.1 Å². The molecule has 0 radical (unpaired) electrons. The van der Waals surface area contributed by atoms with Crippen molar-refractivity contribution >= 4 is 17.7 Å². The quantitative estimate of drug-likeness (QED) is 0.888. The molecule has 1 fully saturated rings. The van der Waals surface area contributed by atoms with Crippen molar-refractivity contribution in [3.63, 3.8) is 0 Å². The SMILES string of the molecule is Cc1cc(NC(=O)N2CCC(c3cnc(N)cc3C)CC2)no1. The molecule has 0 atom stereocenters. The first-order valence-electron chi connectivity index (χ1n) is 7.74. The van der Waals surface area contributed by atoms with Gasteiger partial charge in [-0.25, -0.2) is 9.78 Å². The maximum absolute atomic E-state index is 12.2. The summed E-state index contributed by atoms with van der Waals surface area (Å²) in [6.45, 7) is 5.25. The number of nitrogens with one attached hydrogen (secondary N) is 1. The highest BCUT2D eigenvalue weighted by molar-refractivity contribution is 5.88. The summed E-state index contributed by atoms with van der Waals surface area (Å²) in [5.74, 6) is 2.09. The number of rotatable bonds is 2. The van der Waals surface area contributed by atoms with E-state index < -0.39 is 0 Å². The molecule has 3 heterocycles. The summed E-state index contributed by atoms with van der Waals surface area (Å²) in [5, 5.41) is 6.54. The summed E-state index contributed by atoms with van der Waals surface area (Å²) in [6.07, 6.45) is 3.69. The van der Waals surface area contributed by atoms with Gasteiger partial charge in [-0.3, -0.25) is 5.32 Å². The zero-order chi connectivity index (χ0) is 16.4. The normalized spacial score (nSPS) is 15.7. The Bertz CT molecular complexity index is 704. The molecule has 1 saturated heterocycles. The molecule has 0 aromatic carbocycles. The number of piperidine rings is 1. The Morgan fingerprint density at radius 2 is 2.09 bits per heavy atom. The Kier molecular flexibility index (Phi) is 4.18. The number of aromatic nitrogens is 2. The van der Waals surface area contributed by atoms with Gasteiger partial charge in [-0.05, 0) is 49.8 Å². The lowest BCUT2D eigenvalue weighted by molar-refractivity contribution is 0.194. The molecule has 0 aliphatic carbocycles. The van der Waals surface area contributed by atoms with Gasteiger partial charge in [0.15, 0.2) is 5.82 Å². The number of carbonyl (C=O) groups is 1. The van der Waals surface area contributed by atoms with Crippen LogP contribution in [0.1, 0.15) is 35.6 Å². The van der Waals surface area contributed by atoms with Crippen molar-refractivity contribution in [3.8, 4) is 0 Å². The van der Waals surface area contributed by atoms with Crippen LogP contribution >= 0.6 is 0 Å². The van der Waals surface area contributed by atoms with Gasteiger partial charge in [-0.1, -0.05) is 5.16 Å². The van der Waals surface area contributed by atoms with Gasteiger partial charge in [0.1, 0.15) is 11.6 Å². The zero-order valence-electron chi connectivity index (χ0n) is 13.4. The molecule has 1 aliphatic heterocycles. The second-order valence-electron chi connectivity index (χ2n) is 5.98. The van der Waals surface area contributed by atoms with Crippen LogP contribution in [0.15, 0.2) is 22.9 Å². The van der Waals surface area contributed by atoms with Gasteiger partial charge in [-0.2, -0.15) is 0 Å². The molecule has 7 heteroatoms. The number of nitrogen functional groups attached to an aromatic ring is 1. The van der Waals surface area contributed by atoms with Crippen LogP contribution in [0.5, 0.6) is 0 Å². The third-order valence-corrected chi connectivity index (χ3v) is 4.26. The summed E-state index contributed by atoms with van der Waals surface area (Å²) < 4.78 is 4.95. The van der Waals surface area contributed by atoms with Crippen LogP contribution < -0.4 is 11.1 Å². The van der Waals surface area contributed by atoms with Gasteiger partial charge in [0.2, 0.25) is 0 Å². The van der Waals surface area contributed by atoms with Crippen LogP contribution in [-0.2, 0) is 0 Å². The Morgan fingerprint density at radius 3 is 2.70 bits per heavy atom. The van der Waals surface area contributed by atoms with E-state index in [4.69, 9.17) is 10.3 Å². The lowest BCUT2D eigenvalue weighted by atomic mass is 9.88. The Morgan fingerprint density at radius 1 is 1.35 bits per heavy atom. The number of amides is 2. The fraction of sp³-hybridized carbons (Fsp3) is 0.438. The van der Waals surface area contributed by atoms with Crippen LogP contribution in [-0.4, -0.2) is 34.2 Å². The molecule has 2 aromatic rings. The highest BCUT2D eigenvalue weighted by Gasteiger charge is 2.25. The van der Waals surface area contributed by atoms with Crippen LogP contribution in [0.3, 0.4) is 0 Å². The van der Waals surface area contributed by atoms with Gasteiger partial charge in [0.05, 0.1) is 0 Å². The summed E-state index contributed by atoms with van der Waals surface area (Å²) in [7, 11) is 0. The number of urea groups is 1. The third kappa shape index (κ3) is 3.44. The predicted octanol–water partition coefficient (Wildman–Crippen LogP) is 2.68. The van der Waals surface area contributed by atoms with Crippen LogP contribution in [0, 0.1) is 13.8 Å². The third-order valence-electron chi connectivity index (χ3n) is 4.26. The lowest BCUT2D eigenvalue weighted by Gasteiger charge is -2.32. The van der Waals surface area contributed by atoms with Crippen molar-refractivity contribution in [2.24, 2.45) is 0 Å². The topological polar surface area (TPSA) is 97.3 Å². The average Bonchev–Trinajstić information content (AvgIpc) is 2.92. The minimum absolute atomic E-state index is 0.135. The molecule has 23 heavy (non-hydrogen) atoms. The van der Waals surface area contributed by atoms with E-state index >= 15 is 0 Å². The van der Waals surface area contributed by atoms with Crippen molar-refractivity contribution in [1.29, 1.82) is 0 Å². The number of hydrogen-bond donors (Lipinski definition) is 2. The number of nitrogens with two attached hydrogens (primary N) is 1. The van der Waals surface area contributed by atoms with E-state index in [-0.39, 0.29) is 6.03 Å². The Labute approximate surface area is 134 Å². The number of carbonyl (C=O) groups excluding carboxylic acids is 1. The van der Waals surface area contributed by atoms with Crippen molar-refractivity contribution in [1.82, 2.24) is 15.0 Å². The van der Waals surface area contributed by atoms with Crippen LogP contribution in [0.4, 0.5) is 16.4 Å². The summed E-state index contributed by atoms with van der Waals surface area (Å²) in [4.78, 5) is 18.2. The molecule has 1 aliphatic rings. The van der Waals surface area contributed by atoms with Crippen molar-refractivity contribution < 1.29 is 9.32 Å². The molecule has 122 valence electrons. The van der Waals surface area contributed by atoms with Crippen LogP contribution in [0.2, 0.25) is 0 Å². The highest BCUT2D eigenvalue weighted by Crippen LogP contribution is 2.30. The fourth-order valence-electron chi connectivity index (χ4n) is 3.02. The second kappa shape index (κ2) is 6.28. The molecule has 0 unspecified atom stereocenters. The predicted molar refractivity (Wildman–Crippen MR) is 87.2 cm³/mol. The monoisotopic (exact) mass is 315 g/mol. The molecule has 2 aromatic heterocycles. The van der Waals surface area contributed by atoms with Gasteiger partial charge < -0.3 is 15.2 Å². The molecule has 3 rings (SSSR count). The van der Waals surface area contributed by atoms with Crippen molar-refractivity contribution in [3.05, 3.63) is 35.2 Å². The minimum Gasteiger partial charge on any atom is -0.384 e. The average molecular weight is 315 g/mol. The van der Waals surface area contributed by atoms with Crippen LogP contribution in [0.25, 0.3) is 0 Å². The minimum atomic E-state index is -0.135. The number of nitrogens with zero attached hydrogens (tertiary/aromatic N) is 3. The first-order valence-corrected chi connectivity index (χ1v) is 7.74. The van der Waals surface area contributed by atoms with E-state index in [0.29, 0.717) is 36.4 Å². The maximum atomic E-state index is 12.2. The van der Waals surface area contributed by atoms with E-state index in [0.717, 1.165) is 12.8 Å². The van der Waals surface area contributed by atoms with E-state index in [9.17, 15) is 4.79 Å². The maximum Gasteiger partial charge on any atom is 0.323 e. The smallest absolute Gasteiger partial charge is 0.323 e. The van der Waals surface area contributed by atoms with Gasteiger partial charge in [0.25, 0.3) is 0 Å². The largest absolute Gasteiger partial charge is 0.384 e. The number of pyridine rings is 1. The number of hydrogen-bond acceptors (Lipinski definition) is 5. The van der Waals surface area contributed by atoms with Crippen molar-refractivity contribution in [2.75, 3.05) is 24.1 Å². The first kappa shape index (κ1) is 15.3. The Hall–Kier alpha value is -2.57. The fourth-order valence-corrected chi connectivity index (χ4v) is 3.02. The van der Waals surface area contributed by atoms with E-state index in [2.05, 4.69) is 22.4 Å². The molecular weight excluding hydrogens is 294 g/mol. The summed E-state index contributed by atoms with van der Waals surface area (Å²) in [5.41, 5.74) is 8.10. The van der Waals surface area contributed by atoms with Gasteiger partial charge >= 0.3 is 6.03 Å². The molecule has 7 nitrogen and oxygen atoms in total. The molecule has 2 amide bonds. The lowest BCUT2D eigenvalue weighted by Crippen LogP contribution is -2.40. The number of aryl methyl sites for hydroxylation is 2. The standard InChI is InChI=1S/C16H21N5O2/c1-10-7-14(17)18-9-13(10)12-3-5-21(6-4-12)16(22)19-15-8-11(2)23-20-15/h7-9,12H,3-6H2,1-2H3,(H2,17,18)(H,19,20,22). The number of anilines is 2. The molecule has 0 saturated carbocycles. The molecule has 0 bridgehead atoms. The Balaban J connectivity index is 1.58.